The molecule has 2 aromatic carbocycles. The van der Waals surface area contributed by atoms with Gasteiger partial charge in [-0.15, -0.1) is 11.3 Å². The zero-order valence-corrected chi connectivity index (χ0v) is 17.1. The van der Waals surface area contributed by atoms with Crippen molar-refractivity contribution in [2.75, 3.05) is 38.0 Å². The summed E-state index contributed by atoms with van der Waals surface area (Å²) in [7, 11) is 0. The topological polar surface area (TPSA) is 59.4 Å². The predicted octanol–water partition coefficient (Wildman–Crippen LogP) is 3.92. The zero-order chi connectivity index (χ0) is 20.1. The summed E-state index contributed by atoms with van der Waals surface area (Å²) >= 11 is 1.39. The molecule has 0 saturated carbocycles. The Morgan fingerprint density at radius 1 is 1.03 bits per heavy atom. The third kappa shape index (κ3) is 4.83. The summed E-state index contributed by atoms with van der Waals surface area (Å²) in [6.45, 7) is 5.68. The molecule has 1 saturated heterocycles. The number of amides is 1. The van der Waals surface area contributed by atoms with E-state index >= 15 is 0 Å². The molecular formula is C23H24N4OS. The van der Waals surface area contributed by atoms with Crippen molar-refractivity contribution in [3.8, 4) is 6.07 Å². The van der Waals surface area contributed by atoms with Gasteiger partial charge in [-0.2, -0.15) is 5.26 Å². The van der Waals surface area contributed by atoms with E-state index in [4.69, 9.17) is 5.26 Å². The molecule has 148 valence electrons. The Bertz CT molecular complexity index is 1030. The first-order valence-corrected chi connectivity index (χ1v) is 10.8. The second kappa shape index (κ2) is 9.19. The van der Waals surface area contributed by atoms with E-state index in [9.17, 15) is 4.79 Å². The number of hydrogen-bond donors (Lipinski definition) is 1. The minimum Gasteiger partial charge on any atom is -0.317 e. The van der Waals surface area contributed by atoms with Gasteiger partial charge in [0.1, 0.15) is 11.1 Å². The van der Waals surface area contributed by atoms with Crippen LogP contribution in [0.5, 0.6) is 0 Å². The largest absolute Gasteiger partial charge is 0.317 e. The van der Waals surface area contributed by atoms with Crippen molar-refractivity contribution in [3.05, 3.63) is 65.0 Å². The molecule has 1 aromatic heterocycles. The van der Waals surface area contributed by atoms with Crippen LogP contribution in [-0.2, 0) is 11.3 Å². The standard InChI is InChI=1S/C23H24N4OS/c24-16-19-9-15-29-23(19)25-22(28)8-10-26-11-13-27(14-12-26)17-20-6-3-5-18-4-1-2-7-21(18)20/h1-7,9,15H,8,10-14,17H2,(H,25,28). The van der Waals surface area contributed by atoms with Crippen LogP contribution in [0.3, 0.4) is 0 Å². The Hall–Kier alpha value is -2.72. The Morgan fingerprint density at radius 2 is 1.79 bits per heavy atom. The molecule has 1 aliphatic rings. The second-order valence-electron chi connectivity index (χ2n) is 7.33. The molecule has 0 aliphatic carbocycles. The van der Waals surface area contributed by atoms with Gasteiger partial charge in [0.05, 0.1) is 5.56 Å². The van der Waals surface area contributed by atoms with Crippen LogP contribution in [-0.4, -0.2) is 48.4 Å². The maximum Gasteiger partial charge on any atom is 0.226 e. The first-order valence-electron chi connectivity index (χ1n) is 9.92. The lowest BCUT2D eigenvalue weighted by Crippen LogP contribution is -2.46. The highest BCUT2D eigenvalue weighted by Crippen LogP contribution is 2.23. The van der Waals surface area contributed by atoms with Crippen LogP contribution in [0.1, 0.15) is 17.5 Å². The summed E-state index contributed by atoms with van der Waals surface area (Å²) in [4.78, 5) is 17.0. The highest BCUT2D eigenvalue weighted by Gasteiger charge is 2.18. The van der Waals surface area contributed by atoms with Crippen molar-refractivity contribution in [2.45, 2.75) is 13.0 Å². The van der Waals surface area contributed by atoms with Gasteiger partial charge in [-0.3, -0.25) is 9.69 Å². The average molecular weight is 405 g/mol. The minimum absolute atomic E-state index is 0.0258. The number of carbonyl (C=O) groups is 1. The fraction of sp³-hybridized carbons (Fsp3) is 0.304. The van der Waals surface area contributed by atoms with Crippen LogP contribution in [0.2, 0.25) is 0 Å². The zero-order valence-electron chi connectivity index (χ0n) is 16.3. The summed E-state index contributed by atoms with van der Waals surface area (Å²) in [5.74, 6) is -0.0258. The van der Waals surface area contributed by atoms with Gasteiger partial charge in [-0.1, -0.05) is 42.5 Å². The molecule has 5 nitrogen and oxygen atoms in total. The van der Waals surface area contributed by atoms with E-state index in [-0.39, 0.29) is 5.91 Å². The molecule has 0 atom stereocenters. The van der Waals surface area contributed by atoms with Crippen LogP contribution in [0.15, 0.2) is 53.9 Å². The maximum atomic E-state index is 12.2. The third-order valence-corrected chi connectivity index (χ3v) is 6.26. The maximum absolute atomic E-state index is 12.2. The van der Waals surface area contributed by atoms with Gasteiger partial charge in [0.25, 0.3) is 0 Å². The van der Waals surface area contributed by atoms with Gasteiger partial charge in [-0.05, 0) is 27.8 Å². The third-order valence-electron chi connectivity index (χ3n) is 5.43. The molecule has 1 aliphatic heterocycles. The van der Waals surface area contributed by atoms with Crippen LogP contribution >= 0.6 is 11.3 Å². The van der Waals surface area contributed by atoms with Crippen LogP contribution in [0.25, 0.3) is 10.8 Å². The average Bonchev–Trinajstić information content (AvgIpc) is 3.20. The summed E-state index contributed by atoms with van der Waals surface area (Å²) in [6, 6.07) is 18.9. The number of nitrogens with one attached hydrogen (secondary N) is 1. The second-order valence-corrected chi connectivity index (χ2v) is 8.25. The van der Waals surface area contributed by atoms with E-state index < -0.39 is 0 Å². The van der Waals surface area contributed by atoms with Crippen molar-refractivity contribution < 1.29 is 4.79 Å². The molecule has 0 bridgehead atoms. The SMILES string of the molecule is N#Cc1ccsc1NC(=O)CCN1CCN(Cc2cccc3ccccc23)CC1. The number of rotatable bonds is 6. The molecular weight excluding hydrogens is 380 g/mol. The Kier molecular flexibility index (Phi) is 6.20. The molecule has 0 spiro atoms. The molecule has 3 aromatic rings. The number of anilines is 1. The Morgan fingerprint density at radius 3 is 2.62 bits per heavy atom. The lowest BCUT2D eigenvalue weighted by Gasteiger charge is -2.34. The fourth-order valence-corrected chi connectivity index (χ4v) is 4.54. The molecule has 29 heavy (non-hydrogen) atoms. The van der Waals surface area contributed by atoms with Crippen LogP contribution in [0.4, 0.5) is 5.00 Å². The summed E-state index contributed by atoms with van der Waals surface area (Å²) < 4.78 is 0. The van der Waals surface area contributed by atoms with Crippen molar-refractivity contribution in [1.82, 2.24) is 9.80 Å². The van der Waals surface area contributed by atoms with Crippen molar-refractivity contribution in [2.24, 2.45) is 0 Å². The van der Waals surface area contributed by atoms with E-state index in [0.29, 0.717) is 17.0 Å². The number of hydrogen-bond acceptors (Lipinski definition) is 5. The first-order chi connectivity index (χ1) is 14.2. The number of carbonyl (C=O) groups excluding carboxylic acids is 1. The molecule has 1 amide bonds. The molecule has 0 radical (unpaired) electrons. The van der Waals surface area contributed by atoms with Gasteiger partial charge in [0, 0.05) is 45.7 Å². The van der Waals surface area contributed by atoms with Gasteiger partial charge >= 0.3 is 0 Å². The molecule has 1 fully saturated rings. The molecule has 2 heterocycles. The number of piperazine rings is 1. The monoisotopic (exact) mass is 404 g/mol. The van der Waals surface area contributed by atoms with Crippen molar-refractivity contribution in [3.63, 3.8) is 0 Å². The first kappa shape index (κ1) is 19.6. The normalized spacial score (nSPS) is 15.3. The molecule has 1 N–H and O–H groups in total. The van der Waals surface area contributed by atoms with Crippen molar-refractivity contribution >= 4 is 33.0 Å². The van der Waals surface area contributed by atoms with Gasteiger partial charge < -0.3 is 10.2 Å². The number of thiophene rings is 1. The quantitative estimate of drug-likeness (QED) is 0.677. The summed E-state index contributed by atoms with van der Waals surface area (Å²) in [6.07, 6.45) is 0.450. The predicted molar refractivity (Wildman–Crippen MR) is 118 cm³/mol. The fourth-order valence-electron chi connectivity index (χ4n) is 3.79. The van der Waals surface area contributed by atoms with E-state index in [0.717, 1.165) is 39.3 Å². The van der Waals surface area contributed by atoms with E-state index in [1.54, 1.807) is 6.07 Å². The highest BCUT2D eigenvalue weighted by atomic mass is 32.1. The molecule has 6 heteroatoms. The van der Waals surface area contributed by atoms with Gasteiger partial charge in [0.2, 0.25) is 5.91 Å². The Balaban J connectivity index is 1.24. The lowest BCUT2D eigenvalue weighted by molar-refractivity contribution is -0.116. The molecule has 4 rings (SSSR count). The van der Waals surface area contributed by atoms with Crippen LogP contribution < -0.4 is 5.32 Å². The van der Waals surface area contributed by atoms with Gasteiger partial charge in [-0.25, -0.2) is 0 Å². The minimum atomic E-state index is -0.0258. The van der Waals surface area contributed by atoms with Crippen molar-refractivity contribution in [1.29, 1.82) is 5.26 Å². The smallest absolute Gasteiger partial charge is 0.226 e. The van der Waals surface area contributed by atoms with Crippen LogP contribution in [0, 0.1) is 11.3 Å². The van der Waals surface area contributed by atoms with E-state index in [1.165, 1.54) is 27.7 Å². The lowest BCUT2D eigenvalue weighted by atomic mass is 10.0. The van der Waals surface area contributed by atoms with E-state index in [1.807, 2.05) is 5.38 Å². The number of nitriles is 1. The molecule has 0 unspecified atom stereocenters. The number of benzene rings is 2. The van der Waals surface area contributed by atoms with E-state index in [2.05, 4.69) is 63.7 Å². The Labute approximate surface area is 175 Å². The summed E-state index contributed by atoms with van der Waals surface area (Å²) in [5.41, 5.74) is 1.91. The summed E-state index contributed by atoms with van der Waals surface area (Å²) in [5, 5.41) is 17.0. The highest BCUT2D eigenvalue weighted by molar-refractivity contribution is 7.14. The number of nitrogens with zero attached hydrogens (tertiary/aromatic N) is 3. The van der Waals surface area contributed by atoms with Gasteiger partial charge in [0.15, 0.2) is 0 Å². The number of fused-ring (bicyclic) bond motifs is 1.